The molecule has 0 aliphatic heterocycles. The fourth-order valence-electron chi connectivity index (χ4n) is 2.23. The lowest BCUT2D eigenvalue weighted by molar-refractivity contribution is -0.122. The second-order valence-electron chi connectivity index (χ2n) is 5.57. The molecule has 0 aromatic heterocycles. The topological polar surface area (TPSA) is 90.9 Å². The molecule has 0 saturated carbocycles. The van der Waals surface area contributed by atoms with Crippen LogP contribution in [0.5, 0.6) is 5.75 Å². The number of carbonyl (C=O) groups is 3. The van der Waals surface area contributed by atoms with Crippen molar-refractivity contribution in [2.75, 3.05) is 19.5 Å². The van der Waals surface area contributed by atoms with Crippen molar-refractivity contribution in [1.29, 1.82) is 0 Å². The van der Waals surface area contributed by atoms with E-state index in [1.54, 1.807) is 6.07 Å². The Morgan fingerprint density at radius 1 is 0.964 bits per heavy atom. The van der Waals surface area contributed by atoms with Crippen molar-refractivity contribution in [2.24, 2.45) is 0 Å². The number of anilines is 1. The standard InChI is InChI=1S/C19H17Cl2NO6/c1-10(28-16-7-5-12(20)9-14(16)21)17(23)22-15-8-11(18(24)26-2)4-6-13(15)19(25)27-3/h4-10H,1-3H3,(H,22,23). The Labute approximate surface area is 171 Å². The van der Waals surface area contributed by atoms with Crippen molar-refractivity contribution in [3.8, 4) is 5.75 Å². The Morgan fingerprint density at radius 2 is 1.64 bits per heavy atom. The molecule has 2 rings (SSSR count). The second kappa shape index (κ2) is 9.43. The molecule has 1 amide bonds. The summed E-state index contributed by atoms with van der Waals surface area (Å²) in [5.74, 6) is -1.60. The molecule has 0 aliphatic carbocycles. The van der Waals surface area contributed by atoms with Crippen LogP contribution in [0.2, 0.25) is 10.0 Å². The summed E-state index contributed by atoms with van der Waals surface area (Å²) in [6.07, 6.45) is -0.967. The highest BCUT2D eigenvalue weighted by atomic mass is 35.5. The first-order valence-electron chi connectivity index (χ1n) is 8.00. The molecular weight excluding hydrogens is 409 g/mol. The molecule has 0 aliphatic rings. The number of ether oxygens (including phenoxy) is 3. The average molecular weight is 426 g/mol. The van der Waals surface area contributed by atoms with Crippen molar-refractivity contribution < 1.29 is 28.6 Å². The van der Waals surface area contributed by atoms with Crippen molar-refractivity contribution in [3.63, 3.8) is 0 Å². The van der Waals surface area contributed by atoms with Crippen molar-refractivity contribution in [3.05, 3.63) is 57.6 Å². The molecule has 28 heavy (non-hydrogen) atoms. The maximum Gasteiger partial charge on any atom is 0.339 e. The van der Waals surface area contributed by atoms with E-state index in [0.29, 0.717) is 5.02 Å². The van der Waals surface area contributed by atoms with Crippen LogP contribution < -0.4 is 10.1 Å². The van der Waals surface area contributed by atoms with E-state index < -0.39 is 23.9 Å². The molecule has 0 radical (unpaired) electrons. The molecule has 7 nitrogen and oxygen atoms in total. The Hall–Kier alpha value is -2.77. The highest BCUT2D eigenvalue weighted by Crippen LogP contribution is 2.28. The van der Waals surface area contributed by atoms with Gasteiger partial charge >= 0.3 is 11.9 Å². The summed E-state index contributed by atoms with van der Waals surface area (Å²) in [4.78, 5) is 36.2. The quantitative estimate of drug-likeness (QED) is 0.703. The third-order valence-electron chi connectivity index (χ3n) is 3.67. The number of carbonyl (C=O) groups excluding carboxylic acids is 3. The number of nitrogens with one attached hydrogen (secondary N) is 1. The maximum absolute atomic E-state index is 12.5. The summed E-state index contributed by atoms with van der Waals surface area (Å²) in [5.41, 5.74) is 0.303. The van der Waals surface area contributed by atoms with Gasteiger partial charge in [-0.15, -0.1) is 0 Å². The lowest BCUT2D eigenvalue weighted by Crippen LogP contribution is -2.31. The van der Waals surface area contributed by atoms with E-state index in [1.165, 1.54) is 51.5 Å². The minimum atomic E-state index is -0.967. The molecular formula is C19H17Cl2NO6. The van der Waals surface area contributed by atoms with Gasteiger partial charge in [-0.05, 0) is 43.3 Å². The number of amides is 1. The van der Waals surface area contributed by atoms with Crippen LogP contribution in [0, 0.1) is 0 Å². The van der Waals surface area contributed by atoms with Gasteiger partial charge in [0.05, 0.1) is 36.1 Å². The summed E-state index contributed by atoms with van der Waals surface area (Å²) >= 11 is 11.9. The van der Waals surface area contributed by atoms with E-state index in [4.69, 9.17) is 32.7 Å². The van der Waals surface area contributed by atoms with Gasteiger partial charge in [0.25, 0.3) is 5.91 Å². The van der Waals surface area contributed by atoms with Crippen molar-refractivity contribution in [2.45, 2.75) is 13.0 Å². The molecule has 9 heteroatoms. The molecule has 2 aromatic carbocycles. The van der Waals surface area contributed by atoms with Gasteiger partial charge in [-0.2, -0.15) is 0 Å². The van der Waals surface area contributed by atoms with Gasteiger partial charge in [-0.1, -0.05) is 23.2 Å². The Kier molecular flexibility index (Phi) is 7.25. The van der Waals surface area contributed by atoms with Crippen LogP contribution in [0.15, 0.2) is 36.4 Å². The highest BCUT2D eigenvalue weighted by Gasteiger charge is 2.21. The summed E-state index contributed by atoms with van der Waals surface area (Å²) in [7, 11) is 2.43. The Bertz CT molecular complexity index is 915. The number of rotatable bonds is 6. The number of hydrogen-bond donors (Lipinski definition) is 1. The van der Waals surface area contributed by atoms with Gasteiger partial charge in [0.2, 0.25) is 0 Å². The van der Waals surface area contributed by atoms with Crippen LogP contribution in [0.25, 0.3) is 0 Å². The van der Waals surface area contributed by atoms with Crippen LogP contribution in [-0.4, -0.2) is 38.2 Å². The summed E-state index contributed by atoms with van der Waals surface area (Å²) in [5, 5.41) is 3.23. The third kappa shape index (κ3) is 5.15. The van der Waals surface area contributed by atoms with E-state index in [0.717, 1.165) is 0 Å². The number of benzene rings is 2. The minimum absolute atomic E-state index is 0.0697. The molecule has 0 saturated heterocycles. The van der Waals surface area contributed by atoms with Gasteiger partial charge in [-0.25, -0.2) is 9.59 Å². The SMILES string of the molecule is COC(=O)c1ccc(C(=O)OC)c(NC(=O)C(C)Oc2ccc(Cl)cc2Cl)c1. The third-order valence-corrected chi connectivity index (χ3v) is 4.20. The molecule has 1 unspecified atom stereocenters. The molecule has 1 N–H and O–H groups in total. The van der Waals surface area contributed by atoms with Gasteiger partial charge in [0.15, 0.2) is 6.10 Å². The zero-order valence-electron chi connectivity index (χ0n) is 15.2. The van der Waals surface area contributed by atoms with Crippen LogP contribution in [0.4, 0.5) is 5.69 Å². The second-order valence-corrected chi connectivity index (χ2v) is 6.41. The molecule has 0 spiro atoms. The normalized spacial score (nSPS) is 11.3. The fraction of sp³-hybridized carbons (Fsp3) is 0.211. The zero-order valence-corrected chi connectivity index (χ0v) is 16.8. The molecule has 0 bridgehead atoms. The zero-order chi connectivity index (χ0) is 20.8. The Morgan fingerprint density at radius 3 is 2.25 bits per heavy atom. The summed E-state index contributed by atoms with van der Waals surface area (Å²) in [6, 6.07) is 8.65. The molecule has 2 aromatic rings. The largest absolute Gasteiger partial charge is 0.479 e. The summed E-state index contributed by atoms with van der Waals surface area (Å²) < 4.78 is 14.9. The van der Waals surface area contributed by atoms with Gasteiger partial charge in [0.1, 0.15) is 5.75 Å². The van der Waals surface area contributed by atoms with Crippen molar-refractivity contribution in [1.82, 2.24) is 0 Å². The summed E-state index contributed by atoms with van der Waals surface area (Å²) in [6.45, 7) is 1.50. The first-order valence-corrected chi connectivity index (χ1v) is 8.75. The number of methoxy groups -OCH3 is 2. The lowest BCUT2D eigenvalue weighted by Gasteiger charge is -2.17. The van der Waals surface area contributed by atoms with Crippen molar-refractivity contribution >= 4 is 46.7 Å². The van der Waals surface area contributed by atoms with Crippen LogP contribution in [0.1, 0.15) is 27.6 Å². The van der Waals surface area contributed by atoms with Crippen LogP contribution >= 0.6 is 23.2 Å². The minimum Gasteiger partial charge on any atom is -0.479 e. The number of esters is 2. The molecule has 0 heterocycles. The van der Waals surface area contributed by atoms with Crippen LogP contribution in [-0.2, 0) is 14.3 Å². The van der Waals surface area contributed by atoms with Crippen LogP contribution in [0.3, 0.4) is 0 Å². The average Bonchev–Trinajstić information content (AvgIpc) is 2.68. The highest BCUT2D eigenvalue weighted by molar-refractivity contribution is 6.35. The predicted molar refractivity (Wildman–Crippen MR) is 104 cm³/mol. The fourth-order valence-corrected chi connectivity index (χ4v) is 2.68. The van der Waals surface area contributed by atoms with E-state index >= 15 is 0 Å². The van der Waals surface area contributed by atoms with E-state index in [2.05, 4.69) is 10.1 Å². The van der Waals surface area contributed by atoms with E-state index in [9.17, 15) is 14.4 Å². The molecule has 1 atom stereocenters. The smallest absolute Gasteiger partial charge is 0.339 e. The first-order chi connectivity index (χ1) is 13.3. The monoisotopic (exact) mass is 425 g/mol. The van der Waals surface area contributed by atoms with E-state index in [-0.39, 0.29) is 27.6 Å². The van der Waals surface area contributed by atoms with E-state index in [1.807, 2.05) is 0 Å². The van der Waals surface area contributed by atoms with Gasteiger partial charge < -0.3 is 19.5 Å². The molecule has 0 fully saturated rings. The Balaban J connectivity index is 2.25. The molecule has 148 valence electrons. The predicted octanol–water partition coefficient (Wildman–Crippen LogP) is 3.97. The first kappa shape index (κ1) is 21.5. The number of halogens is 2. The lowest BCUT2D eigenvalue weighted by atomic mass is 10.1. The van der Waals surface area contributed by atoms with Gasteiger partial charge in [-0.3, -0.25) is 4.79 Å². The number of hydrogen-bond acceptors (Lipinski definition) is 6. The maximum atomic E-state index is 12.5. The van der Waals surface area contributed by atoms with Gasteiger partial charge in [0, 0.05) is 5.02 Å².